The van der Waals surface area contributed by atoms with E-state index in [1.807, 2.05) is 7.05 Å². The lowest BCUT2D eigenvalue weighted by Gasteiger charge is -2.21. The molecule has 5 nitrogen and oxygen atoms in total. The maximum Gasteiger partial charge on any atom is 0.350 e. The van der Waals surface area contributed by atoms with E-state index in [0.717, 1.165) is 25.5 Å². The van der Waals surface area contributed by atoms with E-state index in [1.165, 1.54) is 4.57 Å². The average molecular weight is 331 g/mol. The Morgan fingerprint density at radius 1 is 1.38 bits per heavy atom. The first-order valence-electron chi connectivity index (χ1n) is 6.59. The zero-order valence-electron chi connectivity index (χ0n) is 11.3. The van der Waals surface area contributed by atoms with Crippen LogP contribution in [0.4, 0.5) is 4.39 Å². The lowest BCUT2D eigenvalue weighted by atomic mass is 10.2. The summed E-state index contributed by atoms with van der Waals surface area (Å²) in [6, 6.07) is 1.38. The third-order valence-electron chi connectivity index (χ3n) is 3.88. The molecule has 0 saturated carbocycles. The van der Waals surface area contributed by atoms with E-state index in [-0.39, 0.29) is 22.0 Å². The van der Waals surface area contributed by atoms with Gasteiger partial charge in [0.1, 0.15) is 10.8 Å². The first-order valence-corrected chi connectivity index (χ1v) is 7.35. The number of rotatable bonds is 2. The van der Waals surface area contributed by atoms with Gasteiger partial charge < -0.3 is 4.90 Å². The topological polar surface area (TPSA) is 51.0 Å². The Bertz CT molecular complexity index is 764. The van der Waals surface area contributed by atoms with E-state index in [1.54, 1.807) is 0 Å². The molecule has 0 aromatic carbocycles. The molecule has 1 atom stereocenters. The van der Waals surface area contributed by atoms with Crippen LogP contribution in [0, 0.1) is 5.82 Å². The van der Waals surface area contributed by atoms with Gasteiger partial charge >= 0.3 is 5.69 Å². The molecule has 0 N–H and O–H groups in total. The van der Waals surface area contributed by atoms with Crippen molar-refractivity contribution in [2.75, 3.05) is 13.6 Å². The van der Waals surface area contributed by atoms with Gasteiger partial charge in [0.15, 0.2) is 11.0 Å². The fraction of sp³-hybridized carbons (Fsp3) is 0.462. The van der Waals surface area contributed by atoms with Crippen LogP contribution in [0.3, 0.4) is 0 Å². The maximum absolute atomic E-state index is 13.6. The molecule has 0 aliphatic carbocycles. The minimum absolute atomic E-state index is 0.0610. The fourth-order valence-electron chi connectivity index (χ4n) is 2.70. The highest BCUT2D eigenvalue weighted by atomic mass is 35.5. The highest BCUT2D eigenvalue weighted by Gasteiger charge is 2.23. The first-order chi connectivity index (χ1) is 9.97. The predicted octanol–water partition coefficient (Wildman–Crippen LogP) is 2.33. The minimum atomic E-state index is -0.684. The number of likely N-dealkylation sites (N-methyl/N-ethyl adjacent to an activating group) is 1. The van der Waals surface area contributed by atoms with Crippen LogP contribution in [0.25, 0.3) is 11.0 Å². The van der Waals surface area contributed by atoms with Crippen molar-refractivity contribution in [1.29, 1.82) is 0 Å². The van der Waals surface area contributed by atoms with E-state index in [9.17, 15) is 9.18 Å². The SMILES string of the molecule is CN1CCC[C@H]1Cn1c(=O)nc(Cl)c2cc(F)c(Cl)nc21. The molecular formula is C13H13Cl2FN4O. The Hall–Kier alpha value is -1.24. The molecule has 1 saturated heterocycles. The van der Waals surface area contributed by atoms with Crippen LogP contribution in [0.1, 0.15) is 12.8 Å². The number of fused-ring (bicyclic) bond motifs is 1. The van der Waals surface area contributed by atoms with Crippen LogP contribution >= 0.6 is 23.2 Å². The molecule has 2 aromatic heterocycles. The van der Waals surface area contributed by atoms with Crippen molar-refractivity contribution in [2.45, 2.75) is 25.4 Å². The number of pyridine rings is 1. The van der Waals surface area contributed by atoms with Crippen molar-refractivity contribution in [2.24, 2.45) is 0 Å². The summed E-state index contributed by atoms with van der Waals surface area (Å²) in [4.78, 5) is 22.0. The second-order valence-electron chi connectivity index (χ2n) is 5.20. The molecule has 0 spiro atoms. The first kappa shape index (κ1) is 14.7. The summed E-state index contributed by atoms with van der Waals surface area (Å²) < 4.78 is 15.0. The fourth-order valence-corrected chi connectivity index (χ4v) is 3.04. The average Bonchev–Trinajstić information content (AvgIpc) is 2.82. The summed E-state index contributed by atoms with van der Waals surface area (Å²) in [6.07, 6.45) is 2.07. The molecule has 2 aromatic rings. The van der Waals surface area contributed by atoms with Gasteiger partial charge in [0.2, 0.25) is 0 Å². The Kier molecular flexibility index (Phi) is 3.86. The standard InChI is InChI=1S/C13H13Cl2FN4O/c1-19-4-2-3-7(19)6-20-12-8(10(14)18-13(20)21)5-9(16)11(15)17-12/h5,7H,2-4,6H2,1H3/t7-/m0/s1. The van der Waals surface area contributed by atoms with Gasteiger partial charge in [-0.25, -0.2) is 14.2 Å². The lowest BCUT2D eigenvalue weighted by Crippen LogP contribution is -2.35. The van der Waals surface area contributed by atoms with Crippen molar-refractivity contribution in [3.8, 4) is 0 Å². The highest BCUT2D eigenvalue weighted by molar-refractivity contribution is 6.34. The summed E-state index contributed by atoms with van der Waals surface area (Å²) >= 11 is 11.7. The third-order valence-corrected chi connectivity index (χ3v) is 4.43. The molecule has 112 valence electrons. The number of hydrogen-bond acceptors (Lipinski definition) is 4. The van der Waals surface area contributed by atoms with Gasteiger partial charge in [0, 0.05) is 12.6 Å². The van der Waals surface area contributed by atoms with E-state index < -0.39 is 11.5 Å². The van der Waals surface area contributed by atoms with Crippen molar-refractivity contribution in [3.63, 3.8) is 0 Å². The monoisotopic (exact) mass is 330 g/mol. The van der Waals surface area contributed by atoms with E-state index in [0.29, 0.717) is 11.9 Å². The quantitative estimate of drug-likeness (QED) is 0.626. The van der Waals surface area contributed by atoms with Gasteiger partial charge in [-0.05, 0) is 32.5 Å². The van der Waals surface area contributed by atoms with E-state index >= 15 is 0 Å². The number of nitrogens with zero attached hydrogens (tertiary/aromatic N) is 4. The van der Waals surface area contributed by atoms with Crippen LogP contribution in [-0.2, 0) is 6.54 Å². The summed E-state index contributed by atoms with van der Waals surface area (Å²) in [5.41, 5.74) is -0.227. The van der Waals surface area contributed by atoms with Gasteiger partial charge in [-0.15, -0.1) is 0 Å². The minimum Gasteiger partial charge on any atom is -0.302 e. The Morgan fingerprint density at radius 2 is 2.14 bits per heavy atom. The number of likely N-dealkylation sites (tertiary alicyclic amines) is 1. The zero-order valence-corrected chi connectivity index (χ0v) is 12.8. The summed E-state index contributed by atoms with van der Waals surface area (Å²) in [5, 5.41) is -0.0504. The van der Waals surface area contributed by atoms with Gasteiger partial charge in [0.05, 0.1) is 5.39 Å². The largest absolute Gasteiger partial charge is 0.350 e. The smallest absolute Gasteiger partial charge is 0.302 e. The molecular weight excluding hydrogens is 318 g/mol. The number of aromatic nitrogens is 3. The lowest BCUT2D eigenvalue weighted by molar-refractivity contribution is 0.281. The van der Waals surface area contributed by atoms with E-state index in [4.69, 9.17) is 23.2 Å². The molecule has 8 heteroatoms. The van der Waals surface area contributed by atoms with E-state index in [2.05, 4.69) is 14.9 Å². The number of hydrogen-bond donors (Lipinski definition) is 0. The van der Waals surface area contributed by atoms with Crippen LogP contribution < -0.4 is 5.69 Å². The van der Waals surface area contributed by atoms with Gasteiger partial charge in [-0.3, -0.25) is 4.57 Å². The second kappa shape index (κ2) is 5.51. The summed E-state index contributed by atoms with van der Waals surface area (Å²) in [6.45, 7) is 1.42. The molecule has 1 aliphatic heterocycles. The van der Waals surface area contributed by atoms with Crippen molar-refractivity contribution < 1.29 is 4.39 Å². The van der Waals surface area contributed by atoms with Crippen molar-refractivity contribution in [3.05, 3.63) is 32.7 Å². The highest BCUT2D eigenvalue weighted by Crippen LogP contribution is 2.24. The van der Waals surface area contributed by atoms with Crippen molar-refractivity contribution in [1.82, 2.24) is 19.4 Å². The zero-order chi connectivity index (χ0) is 15.1. The summed E-state index contributed by atoms with van der Waals surface area (Å²) in [7, 11) is 2.01. The molecule has 0 bridgehead atoms. The molecule has 1 fully saturated rings. The predicted molar refractivity (Wildman–Crippen MR) is 79.4 cm³/mol. The molecule has 3 heterocycles. The van der Waals surface area contributed by atoms with Gasteiger partial charge in [0.25, 0.3) is 0 Å². The second-order valence-corrected chi connectivity index (χ2v) is 5.92. The third kappa shape index (κ3) is 2.63. The van der Waals surface area contributed by atoms with Gasteiger partial charge in [-0.2, -0.15) is 4.98 Å². The van der Waals surface area contributed by atoms with Gasteiger partial charge in [-0.1, -0.05) is 23.2 Å². The van der Waals surface area contributed by atoms with Crippen LogP contribution in [0.15, 0.2) is 10.9 Å². The molecule has 1 aliphatic rings. The Labute approximate surface area is 130 Å². The molecule has 21 heavy (non-hydrogen) atoms. The molecule has 0 unspecified atom stereocenters. The van der Waals surface area contributed by atoms with Crippen LogP contribution in [0.5, 0.6) is 0 Å². The van der Waals surface area contributed by atoms with Crippen molar-refractivity contribution >= 4 is 34.2 Å². The Balaban J connectivity index is 2.17. The Morgan fingerprint density at radius 3 is 2.81 bits per heavy atom. The normalized spacial score (nSPS) is 19.5. The van der Waals surface area contributed by atoms with Crippen LogP contribution in [-0.4, -0.2) is 39.1 Å². The maximum atomic E-state index is 13.6. The summed E-state index contributed by atoms with van der Waals surface area (Å²) in [5.74, 6) is -0.684. The molecule has 3 rings (SSSR count). The molecule has 0 radical (unpaired) electrons. The number of halogens is 3. The van der Waals surface area contributed by atoms with Crippen LogP contribution in [0.2, 0.25) is 10.3 Å². The molecule has 0 amide bonds.